The zero-order valence-electron chi connectivity index (χ0n) is 63.6. The maximum Gasteiger partial charge on any atom is 0.213 e. The predicted octanol–water partition coefficient (Wildman–Crippen LogP) is 25.7. The minimum Gasteiger partial charge on any atom is -0.455 e. The van der Waals surface area contributed by atoms with Gasteiger partial charge in [0, 0.05) is 117 Å². The van der Waals surface area contributed by atoms with E-state index in [0.29, 0.717) is 0 Å². The topological polar surface area (TPSA) is 63.7 Å². The number of rotatable bonds is 6. The van der Waals surface area contributed by atoms with Crippen LogP contribution in [-0.4, -0.2) is 9.97 Å². The first-order chi connectivity index (χ1) is 55.7. The maximum absolute atomic E-state index is 6.26. The summed E-state index contributed by atoms with van der Waals surface area (Å²) in [5, 5.41) is 9.83. The largest absolute Gasteiger partial charge is 0.455 e. The van der Waals surface area contributed by atoms with Gasteiger partial charge in [-0.3, -0.25) is 0 Å². The van der Waals surface area contributed by atoms with Gasteiger partial charge in [-0.15, -0.1) is 71.8 Å². The fourth-order valence-corrected chi connectivity index (χ4v) is 16.7. The molecule has 0 unspecified atom stereocenters. The molecular formula is C107H82IrN5O2+. The molecule has 0 aliphatic carbocycles. The first-order valence-corrected chi connectivity index (χ1v) is 38.7. The van der Waals surface area contributed by atoms with Crippen LogP contribution in [-0.2, 0) is 39.7 Å². The molecule has 23 rings (SSSR count). The zero-order valence-corrected chi connectivity index (χ0v) is 66.0. The van der Waals surface area contributed by atoms with Gasteiger partial charge in [-0.2, -0.15) is 13.7 Å². The summed E-state index contributed by atoms with van der Waals surface area (Å²) < 4.78 is 19.6. The van der Waals surface area contributed by atoms with E-state index in [4.69, 9.17) is 8.83 Å². The molecule has 0 spiro atoms. The fraction of sp³-hybridized carbons (Fsp3) is 0.0748. The standard InChI is InChI=1S/C25H18NO.C24H16NO.2C23H18N.C11H8N.CH4.Ir/c1-16-13-23-18-8-3-2-7-17(18)14-26(23)15-22(16)21-11-6-10-20-19-9-4-5-12-24(19)27-25(20)21;1-16-14-22(17-8-3-2-4-9-17)25-15-21(16)20-12-7-11-19-18-10-5-6-13-23(18)26-24(19)20;1-16-13-23-20-11-5-3-8-18(20)14-24(23)15-22(16)21-12-6-9-17-7-2-4-10-19(17)21;1-16-12-23-21-9-5-4-8-20(21)14-24(23)15-22(16)19-11-10-17-6-2-3-7-18(17)13-19;1-2-6-10(7-3-1)11-8-4-5-9-12-11;;/h2-13,15H,14H2,1H3;2-8,10-15H,1H3;2*2-13,15H,14H2,1H3;1-6,8-9H;1H4;/q+1;-1;2*+1;-1;;. The molecule has 8 heteroatoms. The summed E-state index contributed by atoms with van der Waals surface area (Å²) in [7, 11) is 0. The van der Waals surface area contributed by atoms with Crippen LogP contribution in [0.2, 0.25) is 0 Å². The van der Waals surface area contributed by atoms with E-state index in [0.717, 1.165) is 91.9 Å². The molecule has 555 valence electrons. The number of benzene rings is 13. The number of pyridine rings is 5. The molecule has 0 bridgehead atoms. The number of nitrogens with zero attached hydrogens (tertiary/aromatic N) is 5. The van der Waals surface area contributed by atoms with Crippen LogP contribution in [0, 0.1) is 39.8 Å². The van der Waals surface area contributed by atoms with Crippen molar-refractivity contribution in [3.63, 3.8) is 0 Å². The molecule has 115 heavy (non-hydrogen) atoms. The van der Waals surface area contributed by atoms with Crippen molar-refractivity contribution in [1.82, 2.24) is 9.97 Å². The summed E-state index contributed by atoms with van der Waals surface area (Å²) >= 11 is 0. The minimum atomic E-state index is 0. The molecule has 20 aromatic rings. The van der Waals surface area contributed by atoms with Crippen LogP contribution in [0.4, 0.5) is 0 Å². The summed E-state index contributed by atoms with van der Waals surface area (Å²) in [6, 6.07) is 123. The van der Waals surface area contributed by atoms with Crippen LogP contribution in [0.5, 0.6) is 0 Å². The van der Waals surface area contributed by atoms with Crippen LogP contribution in [0.3, 0.4) is 0 Å². The number of aryl methyl sites for hydroxylation is 4. The molecule has 10 heterocycles. The third kappa shape index (κ3) is 14.4. The number of aromatic nitrogens is 5. The number of furan rings is 2. The minimum absolute atomic E-state index is 0. The molecule has 13 aromatic carbocycles. The third-order valence-corrected chi connectivity index (χ3v) is 22.3. The molecule has 3 aliphatic heterocycles. The Labute approximate surface area is 684 Å². The average molecular weight is 1660 g/mol. The van der Waals surface area contributed by atoms with E-state index in [-0.39, 0.29) is 27.5 Å². The molecule has 0 fully saturated rings. The monoisotopic (exact) mass is 1660 g/mol. The molecule has 0 atom stereocenters. The van der Waals surface area contributed by atoms with Crippen molar-refractivity contribution in [3.05, 3.63) is 416 Å². The second-order valence-corrected chi connectivity index (χ2v) is 29.4. The van der Waals surface area contributed by atoms with E-state index in [9.17, 15) is 0 Å². The van der Waals surface area contributed by atoms with Gasteiger partial charge >= 0.3 is 0 Å². The Morgan fingerprint density at radius 3 is 1.24 bits per heavy atom. The Morgan fingerprint density at radius 2 is 0.704 bits per heavy atom. The van der Waals surface area contributed by atoms with E-state index in [2.05, 4.69) is 319 Å². The molecule has 7 aromatic heterocycles. The molecular weight excluding hydrogens is 1580 g/mol. The van der Waals surface area contributed by atoms with Gasteiger partial charge in [0.1, 0.15) is 22.3 Å². The smallest absolute Gasteiger partial charge is 0.213 e. The number of para-hydroxylation sites is 4. The molecule has 0 saturated heterocycles. The van der Waals surface area contributed by atoms with Crippen molar-refractivity contribution < 1.29 is 42.6 Å². The Kier molecular flexibility index (Phi) is 20.8. The van der Waals surface area contributed by atoms with Crippen molar-refractivity contribution in [2.24, 2.45) is 0 Å². The van der Waals surface area contributed by atoms with Gasteiger partial charge in [0.2, 0.25) is 17.1 Å². The second-order valence-electron chi connectivity index (χ2n) is 29.4. The van der Waals surface area contributed by atoms with Crippen molar-refractivity contribution in [1.29, 1.82) is 0 Å². The van der Waals surface area contributed by atoms with Gasteiger partial charge < -0.3 is 18.8 Å². The quantitative estimate of drug-likeness (QED) is 0.123. The summed E-state index contributed by atoms with van der Waals surface area (Å²) in [4.78, 5) is 8.89. The van der Waals surface area contributed by atoms with Crippen LogP contribution in [0.1, 0.15) is 46.4 Å². The molecule has 7 nitrogen and oxygen atoms in total. The summed E-state index contributed by atoms with van der Waals surface area (Å²) in [6.07, 6.45) is 10.7. The van der Waals surface area contributed by atoms with Crippen molar-refractivity contribution >= 4 is 65.4 Å². The fourth-order valence-electron chi connectivity index (χ4n) is 16.7. The Hall–Kier alpha value is -13.6. The van der Waals surface area contributed by atoms with Gasteiger partial charge in [-0.1, -0.05) is 232 Å². The molecule has 3 aliphatic rings. The SMILES string of the molecule is C.Cc1cc(-c2[c-]cccc2)ncc1-c1cccc2c1oc1ccccc12.Cc1cc2[n+](cc1-c1ccc3ccccc3c1)Cc1ccccc1-2.Cc1cc2[n+](cc1-c1cccc3c1oc1ccccc13)Cc1ccccc1-2.Cc1cc2[n+](cc1-c1cccc3ccccc13)Cc1ccccc1-2.[Ir].[c-]1ccccc1-c1ccccn1. The Morgan fingerprint density at radius 1 is 0.296 bits per heavy atom. The van der Waals surface area contributed by atoms with E-state index >= 15 is 0 Å². The first kappa shape index (κ1) is 74.1. The number of hydrogen-bond acceptors (Lipinski definition) is 4. The van der Waals surface area contributed by atoms with E-state index in [1.807, 2.05) is 103 Å². The van der Waals surface area contributed by atoms with Crippen LogP contribution >= 0.6 is 0 Å². The van der Waals surface area contributed by atoms with Gasteiger partial charge in [-0.05, 0) is 136 Å². The van der Waals surface area contributed by atoms with Crippen LogP contribution in [0.25, 0.3) is 166 Å². The van der Waals surface area contributed by atoms with Gasteiger partial charge in [-0.25, -0.2) is 0 Å². The molecule has 0 saturated carbocycles. The molecule has 0 N–H and O–H groups in total. The van der Waals surface area contributed by atoms with Crippen LogP contribution in [0.15, 0.2) is 373 Å². The average Bonchev–Trinajstić information content (AvgIpc) is 1.70. The molecule has 0 amide bonds. The summed E-state index contributed by atoms with van der Waals surface area (Å²) in [5.41, 5.74) is 34.8. The van der Waals surface area contributed by atoms with Crippen molar-refractivity contribution in [2.45, 2.75) is 54.8 Å². The predicted molar refractivity (Wildman–Crippen MR) is 468 cm³/mol. The van der Waals surface area contributed by atoms with E-state index in [1.165, 1.54) is 133 Å². The summed E-state index contributed by atoms with van der Waals surface area (Å²) in [6.45, 7) is 11.6. The van der Waals surface area contributed by atoms with Crippen molar-refractivity contribution in [2.75, 3.05) is 0 Å². The van der Waals surface area contributed by atoms with Gasteiger partial charge in [0.15, 0.2) is 38.2 Å². The summed E-state index contributed by atoms with van der Waals surface area (Å²) in [5.74, 6) is 0. The normalized spacial score (nSPS) is 11.6. The Bertz CT molecular complexity index is 6980. The zero-order chi connectivity index (χ0) is 75.9. The van der Waals surface area contributed by atoms with Gasteiger partial charge in [0.05, 0.1) is 22.3 Å². The number of fused-ring (bicyclic) bond motifs is 17. The molecule has 1 radical (unpaired) electrons. The first-order valence-electron chi connectivity index (χ1n) is 38.7. The number of hydrogen-bond donors (Lipinski definition) is 0. The van der Waals surface area contributed by atoms with Crippen LogP contribution < -0.4 is 13.7 Å². The van der Waals surface area contributed by atoms with Gasteiger partial charge in [0.25, 0.3) is 0 Å². The Balaban J connectivity index is 0.000000105. The van der Waals surface area contributed by atoms with Crippen molar-refractivity contribution in [3.8, 4) is 101 Å². The van der Waals surface area contributed by atoms with E-state index in [1.54, 1.807) is 6.20 Å². The maximum atomic E-state index is 6.26. The third-order valence-electron chi connectivity index (χ3n) is 22.3. The van der Waals surface area contributed by atoms with E-state index < -0.39 is 0 Å². The second kappa shape index (κ2) is 32.2.